The maximum absolute atomic E-state index is 14.0. The minimum atomic E-state index is -1.14. The average molecular weight is 339 g/mol. The van der Waals surface area contributed by atoms with E-state index in [0.717, 1.165) is 0 Å². The monoisotopic (exact) mass is 338 g/mol. The van der Waals surface area contributed by atoms with Crippen LogP contribution >= 0.6 is 15.9 Å². The van der Waals surface area contributed by atoms with Crippen molar-refractivity contribution in [2.24, 2.45) is 0 Å². The summed E-state index contributed by atoms with van der Waals surface area (Å²) in [4.78, 5) is 15.0. The van der Waals surface area contributed by atoms with E-state index in [4.69, 9.17) is 5.11 Å². The van der Waals surface area contributed by atoms with Gasteiger partial charge in [0, 0.05) is 10.0 Å². The van der Waals surface area contributed by atoms with Gasteiger partial charge in [0.25, 0.3) is 0 Å². The van der Waals surface area contributed by atoms with E-state index in [1.54, 1.807) is 12.1 Å². The third-order valence-corrected chi connectivity index (χ3v) is 3.41. The van der Waals surface area contributed by atoms with Crippen LogP contribution in [0.25, 0.3) is 0 Å². The van der Waals surface area contributed by atoms with Crippen LogP contribution in [0.15, 0.2) is 40.8 Å². The quantitative estimate of drug-likeness (QED) is 0.877. The molecule has 2 heterocycles. The second-order valence-corrected chi connectivity index (χ2v) is 5.07. The smallest absolute Gasteiger partial charge is 0.352 e. The van der Waals surface area contributed by atoms with E-state index in [1.165, 1.54) is 23.2 Å². The summed E-state index contributed by atoms with van der Waals surface area (Å²) in [5.41, 5.74) is 0.251. The van der Waals surface area contributed by atoms with Crippen LogP contribution in [0.5, 0.6) is 0 Å². The summed E-state index contributed by atoms with van der Waals surface area (Å²) in [7, 11) is 0. The molecule has 2 N–H and O–H groups in total. The highest BCUT2D eigenvalue weighted by atomic mass is 79.9. The predicted octanol–water partition coefficient (Wildman–Crippen LogP) is 2.16. The molecule has 6 nitrogen and oxygen atoms in total. The van der Waals surface area contributed by atoms with Gasteiger partial charge in [-0.05, 0) is 24.3 Å². The molecule has 102 valence electrons. The van der Waals surface area contributed by atoms with Gasteiger partial charge in [-0.25, -0.2) is 13.9 Å². The molecule has 0 saturated carbocycles. The molecule has 0 saturated heterocycles. The number of aromatic nitrogens is 3. The number of rotatable bonds is 2. The van der Waals surface area contributed by atoms with E-state index in [9.17, 15) is 9.18 Å². The van der Waals surface area contributed by atoms with E-state index >= 15 is 0 Å². The zero-order valence-corrected chi connectivity index (χ0v) is 11.5. The lowest BCUT2D eigenvalue weighted by Crippen LogP contribution is -2.24. The first-order valence-electron chi connectivity index (χ1n) is 5.63. The second kappa shape index (κ2) is 4.71. The number of carboxylic acid groups (broad SMARTS) is 1. The number of hydrogen-bond donors (Lipinski definition) is 2. The fourth-order valence-electron chi connectivity index (χ4n) is 2.02. The molecule has 0 bridgehead atoms. The Morgan fingerprint density at radius 2 is 2.30 bits per heavy atom. The minimum Gasteiger partial charge on any atom is -0.477 e. The minimum absolute atomic E-state index is 0.0603. The van der Waals surface area contributed by atoms with Crippen molar-refractivity contribution >= 4 is 27.8 Å². The molecule has 3 rings (SSSR count). The van der Waals surface area contributed by atoms with Crippen molar-refractivity contribution in [3.63, 3.8) is 0 Å². The summed E-state index contributed by atoms with van der Waals surface area (Å²) < 4.78 is 16.1. The molecule has 20 heavy (non-hydrogen) atoms. The van der Waals surface area contributed by atoms with Gasteiger partial charge in [0.15, 0.2) is 0 Å². The first kappa shape index (κ1) is 12.8. The van der Waals surface area contributed by atoms with Gasteiger partial charge in [-0.1, -0.05) is 15.9 Å². The Morgan fingerprint density at radius 3 is 3.05 bits per heavy atom. The first-order valence-corrected chi connectivity index (χ1v) is 6.42. The first-order chi connectivity index (χ1) is 9.56. The number of carboxylic acids is 1. The summed E-state index contributed by atoms with van der Waals surface area (Å²) in [6.45, 7) is 0. The summed E-state index contributed by atoms with van der Waals surface area (Å²) in [6, 6.07) is 3.81. The number of halogens is 2. The molecule has 0 amide bonds. The Kier molecular flexibility index (Phi) is 3.01. The third kappa shape index (κ3) is 2.07. The number of nitrogens with one attached hydrogen (secondary N) is 1. The third-order valence-electron chi connectivity index (χ3n) is 2.91. The van der Waals surface area contributed by atoms with Crippen LogP contribution in [-0.2, 0) is 4.79 Å². The average Bonchev–Trinajstić information content (AvgIpc) is 2.88. The van der Waals surface area contributed by atoms with E-state index in [0.29, 0.717) is 10.0 Å². The Bertz CT molecular complexity index is 728. The van der Waals surface area contributed by atoms with Crippen molar-refractivity contribution in [2.45, 2.75) is 6.04 Å². The lowest BCUT2D eigenvalue weighted by molar-refractivity contribution is -0.132. The van der Waals surface area contributed by atoms with Crippen LogP contribution < -0.4 is 5.32 Å². The maximum Gasteiger partial charge on any atom is 0.352 e. The van der Waals surface area contributed by atoms with E-state index in [2.05, 4.69) is 31.3 Å². The zero-order chi connectivity index (χ0) is 14.3. The lowest BCUT2D eigenvalue weighted by Gasteiger charge is -2.22. The highest BCUT2D eigenvalue weighted by molar-refractivity contribution is 9.10. The van der Waals surface area contributed by atoms with Crippen LogP contribution in [0.4, 0.5) is 10.3 Å². The van der Waals surface area contributed by atoms with Crippen LogP contribution in [0.3, 0.4) is 0 Å². The van der Waals surface area contributed by atoms with E-state index in [1.807, 2.05) is 0 Å². The highest BCUT2D eigenvalue weighted by Crippen LogP contribution is 2.31. The Hall–Kier alpha value is -2.22. The molecule has 1 aromatic carbocycles. The summed E-state index contributed by atoms with van der Waals surface area (Å²) in [5, 5.41) is 15.7. The summed E-state index contributed by atoms with van der Waals surface area (Å²) in [6.07, 6.45) is 2.68. The van der Waals surface area contributed by atoms with Crippen molar-refractivity contribution in [2.75, 3.05) is 5.32 Å². The molecule has 0 radical (unpaired) electrons. The molecule has 1 aliphatic heterocycles. The molecule has 1 aromatic heterocycles. The normalized spacial score (nSPS) is 17.1. The number of hydrogen-bond acceptors (Lipinski definition) is 4. The standard InChI is InChI=1S/C12H8BrFN4O2/c13-6-1-2-8(14)7(3-6)10-4-9(11(19)20)17-12-15-5-16-18(10)12/h1-5,10H,(H,19,20)(H,15,16,17). The number of allylic oxidation sites excluding steroid dienone is 1. The van der Waals surface area contributed by atoms with Gasteiger partial charge in [0.05, 0.1) is 0 Å². The maximum atomic E-state index is 14.0. The largest absolute Gasteiger partial charge is 0.477 e. The number of benzene rings is 1. The fraction of sp³-hybridized carbons (Fsp3) is 0.0833. The van der Waals surface area contributed by atoms with Gasteiger partial charge < -0.3 is 10.4 Å². The topological polar surface area (TPSA) is 80.0 Å². The Morgan fingerprint density at radius 1 is 1.50 bits per heavy atom. The number of carbonyl (C=O) groups is 1. The fourth-order valence-corrected chi connectivity index (χ4v) is 2.40. The van der Waals surface area contributed by atoms with Crippen LogP contribution in [0, 0.1) is 5.82 Å². The van der Waals surface area contributed by atoms with Crippen LogP contribution in [0.2, 0.25) is 0 Å². The number of fused-ring (bicyclic) bond motifs is 1. The zero-order valence-electron chi connectivity index (χ0n) is 9.92. The molecule has 1 aliphatic rings. The van der Waals surface area contributed by atoms with Crippen molar-refractivity contribution in [1.82, 2.24) is 14.8 Å². The molecular weight excluding hydrogens is 331 g/mol. The molecule has 0 aliphatic carbocycles. The lowest BCUT2D eigenvalue weighted by atomic mass is 10.0. The van der Waals surface area contributed by atoms with Gasteiger partial charge in [0.1, 0.15) is 23.9 Å². The summed E-state index contributed by atoms with van der Waals surface area (Å²) in [5.74, 6) is -1.32. The molecule has 8 heteroatoms. The molecule has 0 fully saturated rings. The van der Waals surface area contributed by atoms with Crippen LogP contribution in [0.1, 0.15) is 11.6 Å². The van der Waals surface area contributed by atoms with Crippen molar-refractivity contribution in [3.05, 3.63) is 52.2 Å². The molecule has 2 aromatic rings. The van der Waals surface area contributed by atoms with E-state index < -0.39 is 17.8 Å². The van der Waals surface area contributed by atoms with Crippen molar-refractivity contribution in [1.29, 1.82) is 0 Å². The highest BCUT2D eigenvalue weighted by Gasteiger charge is 2.27. The SMILES string of the molecule is O=C(O)C1=CC(c2cc(Br)ccc2F)n2ncnc2N1. The molecule has 1 atom stereocenters. The number of anilines is 1. The van der Waals surface area contributed by atoms with Crippen molar-refractivity contribution < 1.29 is 14.3 Å². The van der Waals surface area contributed by atoms with Crippen LogP contribution in [-0.4, -0.2) is 25.8 Å². The van der Waals surface area contributed by atoms with Gasteiger partial charge in [-0.15, -0.1) is 0 Å². The molecular formula is C12H8BrFN4O2. The summed E-state index contributed by atoms with van der Waals surface area (Å²) >= 11 is 3.27. The Labute approximate surface area is 121 Å². The van der Waals surface area contributed by atoms with E-state index in [-0.39, 0.29) is 11.6 Å². The van der Waals surface area contributed by atoms with Crippen molar-refractivity contribution in [3.8, 4) is 0 Å². The second-order valence-electron chi connectivity index (χ2n) is 4.15. The van der Waals surface area contributed by atoms with Gasteiger partial charge in [-0.3, -0.25) is 0 Å². The Balaban J connectivity index is 2.17. The molecule has 1 unspecified atom stereocenters. The molecule has 0 spiro atoms. The van der Waals surface area contributed by atoms with Gasteiger partial charge in [-0.2, -0.15) is 10.1 Å². The van der Waals surface area contributed by atoms with Gasteiger partial charge in [0.2, 0.25) is 5.95 Å². The van der Waals surface area contributed by atoms with Gasteiger partial charge >= 0.3 is 5.97 Å². The number of aliphatic carboxylic acids is 1. The predicted molar refractivity (Wildman–Crippen MR) is 71.6 cm³/mol. The number of nitrogens with zero attached hydrogens (tertiary/aromatic N) is 3.